The van der Waals surface area contributed by atoms with Gasteiger partial charge in [-0.05, 0) is 43.7 Å². The molecule has 1 aromatic rings. The first-order chi connectivity index (χ1) is 9.35. The minimum Gasteiger partial charge on any atom is -0.478 e. The quantitative estimate of drug-likeness (QED) is 0.869. The highest BCUT2D eigenvalue weighted by Crippen LogP contribution is 2.32. The van der Waals surface area contributed by atoms with Gasteiger partial charge >= 0.3 is 5.97 Å². The van der Waals surface area contributed by atoms with Gasteiger partial charge in [0.2, 0.25) is 0 Å². The molecule has 2 rings (SSSR count). The highest BCUT2D eigenvalue weighted by Gasteiger charge is 2.27. The van der Waals surface area contributed by atoms with E-state index < -0.39 is 5.97 Å². The summed E-state index contributed by atoms with van der Waals surface area (Å²) in [6.07, 6.45) is 2.44. The summed E-state index contributed by atoms with van der Waals surface area (Å²) in [5.74, 6) is -0.376. The van der Waals surface area contributed by atoms with Crippen LogP contribution in [0.15, 0.2) is 24.3 Å². The second-order valence-electron chi connectivity index (χ2n) is 5.44. The van der Waals surface area contributed by atoms with E-state index in [1.54, 1.807) is 0 Å². The minimum absolute atomic E-state index is 0.141. The van der Waals surface area contributed by atoms with E-state index in [4.69, 9.17) is 5.11 Å². The lowest BCUT2D eigenvalue weighted by molar-refractivity contribution is -0.131. The first kappa shape index (κ1) is 14.9. The summed E-state index contributed by atoms with van der Waals surface area (Å²) >= 11 is 1.91. The lowest BCUT2D eigenvalue weighted by atomic mass is 10.1. The van der Waals surface area contributed by atoms with Gasteiger partial charge in [-0.2, -0.15) is 11.8 Å². The topological polar surface area (TPSA) is 40.5 Å². The summed E-state index contributed by atoms with van der Waals surface area (Å²) in [6.45, 7) is 6.07. The number of aliphatic carboxylic acids is 1. The van der Waals surface area contributed by atoms with E-state index in [0.29, 0.717) is 5.56 Å². The third kappa shape index (κ3) is 4.00. The van der Waals surface area contributed by atoms with Crippen LogP contribution in [0.25, 0.3) is 6.08 Å². The van der Waals surface area contributed by atoms with Crippen molar-refractivity contribution in [2.24, 2.45) is 0 Å². The number of halogens is 1. The molecule has 0 aromatic heterocycles. The van der Waals surface area contributed by atoms with Gasteiger partial charge in [-0.3, -0.25) is 0 Å². The molecular formula is C15H18FNO2S. The molecule has 1 fully saturated rings. The summed E-state index contributed by atoms with van der Waals surface area (Å²) in [4.78, 5) is 12.7. The van der Waals surface area contributed by atoms with Gasteiger partial charge in [0.1, 0.15) is 5.82 Å². The molecule has 0 amide bonds. The first-order valence-electron chi connectivity index (χ1n) is 6.46. The summed E-state index contributed by atoms with van der Waals surface area (Å²) in [5, 5.41) is 8.64. The average Bonchev–Trinajstić information content (AvgIpc) is 2.34. The Bertz CT molecular complexity index is 543. The molecule has 0 spiro atoms. The van der Waals surface area contributed by atoms with Crippen LogP contribution >= 0.6 is 11.8 Å². The van der Waals surface area contributed by atoms with E-state index in [2.05, 4.69) is 18.7 Å². The van der Waals surface area contributed by atoms with Gasteiger partial charge < -0.3 is 10.0 Å². The van der Waals surface area contributed by atoms with Crippen LogP contribution in [-0.4, -0.2) is 34.7 Å². The molecule has 1 aliphatic rings. The number of carboxylic acids is 1. The van der Waals surface area contributed by atoms with E-state index in [-0.39, 0.29) is 10.6 Å². The number of nitrogens with zero attached hydrogens (tertiary/aromatic N) is 1. The van der Waals surface area contributed by atoms with Crippen LogP contribution in [0.3, 0.4) is 0 Å². The van der Waals surface area contributed by atoms with Crippen molar-refractivity contribution in [3.63, 3.8) is 0 Å². The van der Waals surface area contributed by atoms with Crippen LogP contribution < -0.4 is 4.90 Å². The van der Waals surface area contributed by atoms with Gasteiger partial charge in [-0.1, -0.05) is 0 Å². The molecule has 1 aromatic carbocycles. The molecule has 5 heteroatoms. The lowest BCUT2D eigenvalue weighted by Gasteiger charge is -2.39. The number of benzene rings is 1. The van der Waals surface area contributed by atoms with Crippen molar-refractivity contribution in [2.45, 2.75) is 18.6 Å². The highest BCUT2D eigenvalue weighted by molar-refractivity contribution is 8.00. The fourth-order valence-corrected chi connectivity index (χ4v) is 3.39. The molecule has 0 saturated carbocycles. The fraction of sp³-hybridized carbons (Fsp3) is 0.400. The van der Waals surface area contributed by atoms with Gasteiger partial charge in [0, 0.05) is 35.4 Å². The van der Waals surface area contributed by atoms with Gasteiger partial charge in [-0.15, -0.1) is 0 Å². The molecular weight excluding hydrogens is 277 g/mol. The molecule has 0 aliphatic carbocycles. The van der Waals surface area contributed by atoms with Crippen LogP contribution in [0.1, 0.15) is 19.4 Å². The minimum atomic E-state index is -1.04. The molecule has 108 valence electrons. The Balaban J connectivity index is 2.25. The van der Waals surface area contributed by atoms with E-state index in [1.165, 1.54) is 18.2 Å². The Labute approximate surface area is 122 Å². The van der Waals surface area contributed by atoms with Gasteiger partial charge in [0.15, 0.2) is 0 Å². The predicted molar refractivity (Wildman–Crippen MR) is 81.8 cm³/mol. The number of hydrogen-bond acceptors (Lipinski definition) is 3. The maximum atomic E-state index is 13.7. The summed E-state index contributed by atoms with van der Waals surface area (Å²) in [5.41, 5.74) is 1.38. The highest BCUT2D eigenvalue weighted by atomic mass is 32.2. The van der Waals surface area contributed by atoms with Crippen LogP contribution in [0, 0.1) is 5.82 Å². The zero-order valence-electron chi connectivity index (χ0n) is 11.6. The fourth-order valence-electron chi connectivity index (χ4n) is 2.28. The average molecular weight is 295 g/mol. The molecule has 1 heterocycles. The van der Waals surface area contributed by atoms with Crippen molar-refractivity contribution in [3.05, 3.63) is 35.7 Å². The Hall–Kier alpha value is -1.49. The summed E-state index contributed by atoms with van der Waals surface area (Å²) < 4.78 is 13.8. The van der Waals surface area contributed by atoms with E-state index >= 15 is 0 Å². The smallest absolute Gasteiger partial charge is 0.328 e. The SMILES string of the molecule is CC1(C)CN(c2cc(F)cc(/C=C/C(=O)O)c2)CCS1. The molecule has 0 bridgehead atoms. The third-order valence-corrected chi connectivity index (χ3v) is 4.41. The second kappa shape index (κ2) is 5.87. The summed E-state index contributed by atoms with van der Waals surface area (Å²) in [7, 11) is 0. The number of carboxylic acid groups (broad SMARTS) is 1. The number of carbonyl (C=O) groups is 1. The number of thioether (sulfide) groups is 1. The van der Waals surface area contributed by atoms with Crippen LogP contribution in [-0.2, 0) is 4.79 Å². The number of anilines is 1. The Morgan fingerprint density at radius 1 is 1.45 bits per heavy atom. The molecule has 1 saturated heterocycles. The van der Waals surface area contributed by atoms with Crippen LogP contribution in [0.5, 0.6) is 0 Å². The van der Waals surface area contributed by atoms with Gasteiger partial charge in [0.05, 0.1) is 0 Å². The molecule has 0 atom stereocenters. The first-order valence-corrected chi connectivity index (χ1v) is 7.45. The van der Waals surface area contributed by atoms with Crippen molar-refractivity contribution < 1.29 is 14.3 Å². The van der Waals surface area contributed by atoms with Crippen LogP contribution in [0.2, 0.25) is 0 Å². The second-order valence-corrected chi connectivity index (χ2v) is 7.25. The van der Waals surface area contributed by atoms with Crippen molar-refractivity contribution in [1.29, 1.82) is 0 Å². The molecule has 1 N–H and O–H groups in total. The maximum Gasteiger partial charge on any atom is 0.328 e. The number of hydrogen-bond donors (Lipinski definition) is 1. The van der Waals surface area contributed by atoms with E-state index in [0.717, 1.165) is 30.6 Å². The van der Waals surface area contributed by atoms with Gasteiger partial charge in [0.25, 0.3) is 0 Å². The van der Waals surface area contributed by atoms with Crippen molar-refractivity contribution in [2.75, 3.05) is 23.7 Å². The molecule has 1 aliphatic heterocycles. The van der Waals surface area contributed by atoms with Crippen molar-refractivity contribution in [3.8, 4) is 0 Å². The predicted octanol–water partition coefficient (Wildman–Crippen LogP) is 3.26. The van der Waals surface area contributed by atoms with E-state index in [9.17, 15) is 9.18 Å². The molecule has 3 nitrogen and oxygen atoms in total. The van der Waals surface area contributed by atoms with Crippen molar-refractivity contribution in [1.82, 2.24) is 0 Å². The standard InChI is InChI=1S/C15H18FNO2S/c1-15(2)10-17(5-6-20-15)13-8-11(3-4-14(18)19)7-12(16)9-13/h3-4,7-9H,5-6,10H2,1-2H3,(H,18,19)/b4-3+. The van der Waals surface area contributed by atoms with Crippen molar-refractivity contribution >= 4 is 29.5 Å². The zero-order valence-corrected chi connectivity index (χ0v) is 12.4. The maximum absolute atomic E-state index is 13.7. The Kier molecular flexibility index (Phi) is 4.38. The lowest BCUT2D eigenvalue weighted by Crippen LogP contribution is -2.43. The Morgan fingerprint density at radius 3 is 2.85 bits per heavy atom. The van der Waals surface area contributed by atoms with Gasteiger partial charge in [-0.25, -0.2) is 9.18 Å². The largest absolute Gasteiger partial charge is 0.478 e. The van der Waals surface area contributed by atoms with Crippen LogP contribution in [0.4, 0.5) is 10.1 Å². The third-order valence-electron chi connectivity index (χ3n) is 3.11. The zero-order chi connectivity index (χ0) is 14.8. The van der Waals surface area contributed by atoms with E-state index in [1.807, 2.05) is 17.8 Å². The molecule has 0 radical (unpaired) electrons. The normalized spacial score (nSPS) is 18.4. The summed E-state index contributed by atoms with van der Waals surface area (Å²) in [6, 6.07) is 4.67. The monoisotopic (exact) mass is 295 g/mol. The molecule has 0 unspecified atom stereocenters. The molecule has 20 heavy (non-hydrogen) atoms. The number of rotatable bonds is 3. The Morgan fingerprint density at radius 2 is 2.20 bits per heavy atom.